The van der Waals surface area contributed by atoms with Crippen LogP contribution >= 0.6 is 0 Å². The van der Waals surface area contributed by atoms with Gasteiger partial charge in [0.25, 0.3) is 0 Å². The van der Waals surface area contributed by atoms with Gasteiger partial charge < -0.3 is 5.32 Å². The highest BCUT2D eigenvalue weighted by molar-refractivity contribution is 5.28. The SMILES string of the molecule is Cc1cc(C)cc(CN2CCC3(CCNCC3)C2)c1. The molecular weight excluding hydrogens is 232 g/mol. The van der Waals surface area contributed by atoms with Crippen molar-refractivity contribution in [2.45, 2.75) is 39.7 Å². The summed E-state index contributed by atoms with van der Waals surface area (Å²) in [5.41, 5.74) is 4.91. The first-order chi connectivity index (χ1) is 9.15. The summed E-state index contributed by atoms with van der Waals surface area (Å²) >= 11 is 0. The van der Waals surface area contributed by atoms with Crippen LogP contribution < -0.4 is 5.32 Å². The van der Waals surface area contributed by atoms with Gasteiger partial charge in [-0.05, 0) is 63.7 Å². The molecule has 2 fully saturated rings. The highest BCUT2D eigenvalue weighted by atomic mass is 15.2. The summed E-state index contributed by atoms with van der Waals surface area (Å²) in [6, 6.07) is 6.96. The summed E-state index contributed by atoms with van der Waals surface area (Å²) in [5.74, 6) is 0. The average Bonchev–Trinajstić information content (AvgIpc) is 2.71. The van der Waals surface area contributed by atoms with Crippen molar-refractivity contribution in [3.8, 4) is 0 Å². The lowest BCUT2D eigenvalue weighted by molar-refractivity contribution is 0.194. The molecule has 0 saturated carbocycles. The van der Waals surface area contributed by atoms with E-state index in [-0.39, 0.29) is 0 Å². The van der Waals surface area contributed by atoms with E-state index in [9.17, 15) is 0 Å². The van der Waals surface area contributed by atoms with Crippen molar-refractivity contribution in [2.75, 3.05) is 26.2 Å². The molecular formula is C17H26N2. The summed E-state index contributed by atoms with van der Waals surface area (Å²) < 4.78 is 0. The third-order valence-corrected chi connectivity index (χ3v) is 4.87. The van der Waals surface area contributed by atoms with Crippen LogP contribution in [0.4, 0.5) is 0 Å². The molecule has 2 aliphatic heterocycles. The Morgan fingerprint density at radius 1 is 1.05 bits per heavy atom. The summed E-state index contributed by atoms with van der Waals surface area (Å²) in [5, 5.41) is 3.50. The lowest BCUT2D eigenvalue weighted by atomic mass is 9.78. The molecule has 1 aromatic carbocycles. The Kier molecular flexibility index (Phi) is 3.64. The first kappa shape index (κ1) is 13.1. The first-order valence-corrected chi connectivity index (χ1v) is 7.66. The van der Waals surface area contributed by atoms with Crippen molar-refractivity contribution in [2.24, 2.45) is 5.41 Å². The number of nitrogens with one attached hydrogen (secondary N) is 1. The molecule has 2 heterocycles. The summed E-state index contributed by atoms with van der Waals surface area (Å²) in [6.45, 7) is 10.6. The Morgan fingerprint density at radius 2 is 1.74 bits per heavy atom. The van der Waals surface area contributed by atoms with E-state index in [0.29, 0.717) is 5.41 Å². The van der Waals surface area contributed by atoms with E-state index in [4.69, 9.17) is 0 Å². The quantitative estimate of drug-likeness (QED) is 0.877. The molecule has 0 amide bonds. The molecule has 0 bridgehead atoms. The maximum atomic E-state index is 3.50. The van der Waals surface area contributed by atoms with Crippen LogP contribution in [0.2, 0.25) is 0 Å². The minimum atomic E-state index is 0.629. The second kappa shape index (κ2) is 5.26. The molecule has 0 unspecified atom stereocenters. The Labute approximate surface area is 117 Å². The van der Waals surface area contributed by atoms with E-state index in [1.807, 2.05) is 0 Å². The van der Waals surface area contributed by atoms with Gasteiger partial charge in [0.2, 0.25) is 0 Å². The van der Waals surface area contributed by atoms with Crippen molar-refractivity contribution in [3.63, 3.8) is 0 Å². The molecule has 19 heavy (non-hydrogen) atoms. The van der Waals surface area contributed by atoms with E-state index in [1.54, 1.807) is 0 Å². The molecule has 3 rings (SSSR count). The van der Waals surface area contributed by atoms with E-state index in [2.05, 4.69) is 42.3 Å². The standard InChI is InChI=1S/C17H26N2/c1-14-9-15(2)11-16(10-14)12-19-8-5-17(13-19)3-6-18-7-4-17/h9-11,18H,3-8,12-13H2,1-2H3. The number of rotatable bonds is 2. The molecule has 2 aliphatic rings. The van der Waals surface area contributed by atoms with Gasteiger partial charge in [0, 0.05) is 13.1 Å². The molecule has 0 aromatic heterocycles. The molecule has 2 heteroatoms. The summed E-state index contributed by atoms with van der Waals surface area (Å²) in [7, 11) is 0. The van der Waals surface area contributed by atoms with Crippen LogP contribution in [0.3, 0.4) is 0 Å². The Hall–Kier alpha value is -0.860. The lowest BCUT2D eigenvalue weighted by Gasteiger charge is -2.34. The number of nitrogens with zero attached hydrogens (tertiary/aromatic N) is 1. The predicted octanol–water partition coefficient (Wildman–Crippen LogP) is 2.88. The van der Waals surface area contributed by atoms with Crippen molar-refractivity contribution < 1.29 is 0 Å². The maximum Gasteiger partial charge on any atom is 0.0234 e. The fourth-order valence-corrected chi connectivity index (χ4v) is 3.95. The van der Waals surface area contributed by atoms with Crippen LogP contribution in [0.1, 0.15) is 36.0 Å². The Balaban J connectivity index is 1.65. The largest absolute Gasteiger partial charge is 0.317 e. The van der Waals surface area contributed by atoms with Crippen LogP contribution in [-0.4, -0.2) is 31.1 Å². The minimum absolute atomic E-state index is 0.629. The molecule has 104 valence electrons. The topological polar surface area (TPSA) is 15.3 Å². The van der Waals surface area contributed by atoms with Crippen molar-refractivity contribution in [1.29, 1.82) is 0 Å². The fraction of sp³-hybridized carbons (Fsp3) is 0.647. The van der Waals surface area contributed by atoms with Crippen molar-refractivity contribution in [3.05, 3.63) is 34.9 Å². The van der Waals surface area contributed by atoms with Gasteiger partial charge in [0.15, 0.2) is 0 Å². The number of hydrogen-bond acceptors (Lipinski definition) is 2. The molecule has 0 radical (unpaired) electrons. The van der Waals surface area contributed by atoms with E-state index in [1.165, 1.54) is 62.1 Å². The lowest BCUT2D eigenvalue weighted by Crippen LogP contribution is -2.38. The van der Waals surface area contributed by atoms with Gasteiger partial charge in [0.05, 0.1) is 0 Å². The molecule has 1 N–H and O–H groups in total. The van der Waals surface area contributed by atoms with Crippen LogP contribution in [0.5, 0.6) is 0 Å². The molecule has 1 spiro atoms. The highest BCUT2D eigenvalue weighted by Crippen LogP contribution is 2.39. The molecule has 0 atom stereocenters. The molecule has 2 saturated heterocycles. The Morgan fingerprint density at radius 3 is 2.42 bits per heavy atom. The maximum absolute atomic E-state index is 3.50. The third-order valence-electron chi connectivity index (χ3n) is 4.87. The Bertz CT molecular complexity index is 426. The second-order valence-electron chi connectivity index (χ2n) is 6.71. The van der Waals surface area contributed by atoms with Crippen LogP contribution in [0.15, 0.2) is 18.2 Å². The molecule has 2 nitrogen and oxygen atoms in total. The summed E-state index contributed by atoms with van der Waals surface area (Å²) in [4.78, 5) is 2.67. The zero-order chi connectivity index (χ0) is 13.3. The highest BCUT2D eigenvalue weighted by Gasteiger charge is 2.38. The first-order valence-electron chi connectivity index (χ1n) is 7.66. The van der Waals surface area contributed by atoms with Gasteiger partial charge >= 0.3 is 0 Å². The zero-order valence-electron chi connectivity index (χ0n) is 12.3. The van der Waals surface area contributed by atoms with Gasteiger partial charge in [-0.15, -0.1) is 0 Å². The van der Waals surface area contributed by atoms with Gasteiger partial charge in [0.1, 0.15) is 0 Å². The van der Waals surface area contributed by atoms with E-state index >= 15 is 0 Å². The minimum Gasteiger partial charge on any atom is -0.317 e. The van der Waals surface area contributed by atoms with Gasteiger partial charge in [-0.25, -0.2) is 0 Å². The normalized spacial score (nSPS) is 23.1. The van der Waals surface area contributed by atoms with E-state index in [0.717, 1.165) is 6.54 Å². The third kappa shape index (κ3) is 3.01. The fourth-order valence-electron chi connectivity index (χ4n) is 3.95. The van der Waals surface area contributed by atoms with Crippen molar-refractivity contribution >= 4 is 0 Å². The van der Waals surface area contributed by atoms with Gasteiger partial charge in [-0.1, -0.05) is 29.3 Å². The number of likely N-dealkylation sites (tertiary alicyclic amines) is 1. The molecule has 1 aromatic rings. The van der Waals surface area contributed by atoms with Gasteiger partial charge in [-0.3, -0.25) is 4.90 Å². The predicted molar refractivity (Wildman–Crippen MR) is 80.3 cm³/mol. The monoisotopic (exact) mass is 258 g/mol. The summed E-state index contributed by atoms with van der Waals surface area (Å²) in [6.07, 6.45) is 4.15. The second-order valence-corrected chi connectivity index (χ2v) is 6.71. The number of aryl methyl sites for hydroxylation is 2. The average molecular weight is 258 g/mol. The van der Waals surface area contributed by atoms with Crippen LogP contribution in [0, 0.1) is 19.3 Å². The number of benzene rings is 1. The van der Waals surface area contributed by atoms with Crippen LogP contribution in [0.25, 0.3) is 0 Å². The molecule has 0 aliphatic carbocycles. The smallest absolute Gasteiger partial charge is 0.0234 e. The number of hydrogen-bond donors (Lipinski definition) is 1. The number of piperidine rings is 1. The zero-order valence-corrected chi connectivity index (χ0v) is 12.3. The van der Waals surface area contributed by atoms with Crippen LogP contribution in [-0.2, 0) is 6.54 Å². The van der Waals surface area contributed by atoms with Crippen molar-refractivity contribution in [1.82, 2.24) is 10.2 Å². The van der Waals surface area contributed by atoms with E-state index < -0.39 is 0 Å². The van der Waals surface area contributed by atoms with Gasteiger partial charge in [-0.2, -0.15) is 0 Å².